The third-order valence-corrected chi connectivity index (χ3v) is 4.23. The Morgan fingerprint density at radius 2 is 2.16 bits per heavy atom. The fourth-order valence-electron chi connectivity index (χ4n) is 2.82. The molecule has 1 aliphatic heterocycles. The lowest BCUT2D eigenvalue weighted by molar-refractivity contribution is 0.210. The van der Waals surface area contributed by atoms with Crippen LogP contribution in [0.3, 0.4) is 0 Å². The lowest BCUT2D eigenvalue weighted by Crippen LogP contribution is -2.20. The molecule has 0 spiro atoms. The van der Waals surface area contributed by atoms with Gasteiger partial charge in [0.1, 0.15) is 18.5 Å². The van der Waals surface area contributed by atoms with E-state index in [1.807, 2.05) is 4.68 Å². The van der Waals surface area contributed by atoms with Crippen LogP contribution in [0.15, 0.2) is 12.7 Å². The molecule has 0 saturated carbocycles. The lowest BCUT2D eigenvalue weighted by Gasteiger charge is -2.18. The molecule has 3 heterocycles. The summed E-state index contributed by atoms with van der Waals surface area (Å²) in [5, 5.41) is 14.3. The lowest BCUT2D eigenvalue weighted by atomic mass is 10.1. The quantitative estimate of drug-likeness (QED) is 0.594. The first-order valence-electron chi connectivity index (χ1n) is 8.69. The summed E-state index contributed by atoms with van der Waals surface area (Å²) < 4.78 is 6.93. The summed E-state index contributed by atoms with van der Waals surface area (Å²) in [4.78, 5) is 13.4. The van der Waals surface area contributed by atoms with Crippen molar-refractivity contribution < 1.29 is 4.74 Å². The summed E-state index contributed by atoms with van der Waals surface area (Å²) in [6.45, 7) is 6.01. The molecule has 9 nitrogen and oxygen atoms in total. The van der Waals surface area contributed by atoms with Crippen molar-refractivity contribution in [3.05, 3.63) is 23.9 Å². The van der Waals surface area contributed by atoms with E-state index in [2.05, 4.69) is 33.0 Å². The predicted octanol–water partition coefficient (Wildman–Crippen LogP) is 0.488. The van der Waals surface area contributed by atoms with Crippen LogP contribution in [-0.4, -0.2) is 64.6 Å². The molecule has 136 valence electrons. The van der Waals surface area contributed by atoms with Crippen LogP contribution in [-0.2, 0) is 17.6 Å². The minimum atomic E-state index is 0.182. The highest BCUT2D eigenvalue weighted by molar-refractivity contribution is 5.51. The third kappa shape index (κ3) is 4.64. The number of ether oxygens (including phenoxy) is 1. The number of methoxy groups -OCH3 is 1. The van der Waals surface area contributed by atoms with Gasteiger partial charge in [-0.25, -0.2) is 14.6 Å². The minimum absolute atomic E-state index is 0.182. The molecule has 0 saturated heterocycles. The van der Waals surface area contributed by atoms with E-state index in [-0.39, 0.29) is 6.04 Å². The Hall–Kier alpha value is -2.26. The molecule has 0 amide bonds. The van der Waals surface area contributed by atoms with Crippen molar-refractivity contribution >= 4 is 11.8 Å². The molecule has 2 aromatic rings. The van der Waals surface area contributed by atoms with E-state index in [0.717, 1.165) is 44.0 Å². The molecule has 0 radical (unpaired) electrons. The monoisotopic (exact) mass is 346 g/mol. The summed E-state index contributed by atoms with van der Waals surface area (Å²) in [7, 11) is 1.68. The number of hydrogen-bond donors (Lipinski definition) is 3. The second kappa shape index (κ2) is 8.72. The Morgan fingerprint density at radius 3 is 2.96 bits per heavy atom. The van der Waals surface area contributed by atoms with Gasteiger partial charge in [0.15, 0.2) is 0 Å². The van der Waals surface area contributed by atoms with Crippen molar-refractivity contribution in [3.63, 3.8) is 0 Å². The average molecular weight is 346 g/mol. The number of nitrogens with one attached hydrogen (secondary N) is 3. The van der Waals surface area contributed by atoms with Crippen molar-refractivity contribution in [3.8, 4) is 0 Å². The van der Waals surface area contributed by atoms with Gasteiger partial charge in [-0.3, -0.25) is 0 Å². The van der Waals surface area contributed by atoms with Crippen LogP contribution in [0.1, 0.15) is 24.2 Å². The summed E-state index contributed by atoms with van der Waals surface area (Å²) in [6.07, 6.45) is 5.11. The van der Waals surface area contributed by atoms with Crippen LogP contribution >= 0.6 is 0 Å². The summed E-state index contributed by atoms with van der Waals surface area (Å²) in [5.41, 5.74) is 2.31. The van der Waals surface area contributed by atoms with Crippen molar-refractivity contribution in [2.24, 2.45) is 0 Å². The third-order valence-electron chi connectivity index (χ3n) is 4.23. The molecular formula is C16H26N8O. The largest absolute Gasteiger partial charge is 0.383 e. The standard InChI is InChI=1S/C16H26N8O/c1-12(24-11-18-10-21-24)9-20-15-13-3-5-17-6-4-14(13)22-16(23-15)19-7-8-25-2/h10-12,17H,3-9H2,1-2H3,(H2,19,20,22,23)/t12-/m0/s1. The first-order valence-corrected chi connectivity index (χ1v) is 8.69. The van der Waals surface area contributed by atoms with Crippen LogP contribution in [0.2, 0.25) is 0 Å². The van der Waals surface area contributed by atoms with E-state index in [4.69, 9.17) is 14.7 Å². The van der Waals surface area contributed by atoms with E-state index in [1.165, 1.54) is 5.56 Å². The van der Waals surface area contributed by atoms with E-state index in [9.17, 15) is 0 Å². The van der Waals surface area contributed by atoms with Crippen LogP contribution in [0.4, 0.5) is 11.8 Å². The van der Waals surface area contributed by atoms with Gasteiger partial charge >= 0.3 is 0 Å². The van der Waals surface area contributed by atoms with E-state index in [0.29, 0.717) is 19.1 Å². The van der Waals surface area contributed by atoms with Gasteiger partial charge in [-0.1, -0.05) is 0 Å². The van der Waals surface area contributed by atoms with Crippen LogP contribution in [0.25, 0.3) is 0 Å². The smallest absolute Gasteiger partial charge is 0.224 e. The Balaban J connectivity index is 1.76. The molecule has 0 fully saturated rings. The van der Waals surface area contributed by atoms with Gasteiger partial charge in [-0.2, -0.15) is 10.1 Å². The zero-order valence-electron chi connectivity index (χ0n) is 14.8. The fourth-order valence-corrected chi connectivity index (χ4v) is 2.82. The summed E-state index contributed by atoms with van der Waals surface area (Å²) in [5.74, 6) is 1.55. The average Bonchev–Trinajstić information content (AvgIpc) is 3.05. The van der Waals surface area contributed by atoms with Crippen molar-refractivity contribution in [1.29, 1.82) is 0 Å². The molecule has 3 rings (SSSR count). The molecule has 0 aliphatic carbocycles. The Morgan fingerprint density at radius 1 is 1.28 bits per heavy atom. The Kier molecular flexibility index (Phi) is 6.13. The molecule has 0 aromatic carbocycles. The molecular weight excluding hydrogens is 320 g/mol. The molecule has 0 bridgehead atoms. The van der Waals surface area contributed by atoms with E-state index < -0.39 is 0 Å². The second-order valence-electron chi connectivity index (χ2n) is 6.10. The summed E-state index contributed by atoms with van der Waals surface area (Å²) in [6, 6.07) is 0.182. The van der Waals surface area contributed by atoms with Crippen molar-refractivity contribution in [2.75, 3.05) is 50.5 Å². The normalized spacial score (nSPS) is 15.3. The highest BCUT2D eigenvalue weighted by Gasteiger charge is 2.17. The maximum Gasteiger partial charge on any atom is 0.224 e. The highest BCUT2D eigenvalue weighted by Crippen LogP contribution is 2.22. The number of anilines is 2. The van der Waals surface area contributed by atoms with Gasteiger partial charge in [-0.05, 0) is 19.9 Å². The zero-order valence-corrected chi connectivity index (χ0v) is 14.8. The molecule has 25 heavy (non-hydrogen) atoms. The Bertz CT molecular complexity index is 660. The van der Waals surface area contributed by atoms with E-state index in [1.54, 1.807) is 19.8 Å². The SMILES string of the molecule is COCCNc1nc2c(c(NC[C@H](C)n3cncn3)n1)CCNCC2. The number of nitrogens with zero attached hydrogens (tertiary/aromatic N) is 5. The highest BCUT2D eigenvalue weighted by atomic mass is 16.5. The van der Waals surface area contributed by atoms with Crippen LogP contribution in [0.5, 0.6) is 0 Å². The molecule has 0 unspecified atom stereocenters. The minimum Gasteiger partial charge on any atom is -0.383 e. The zero-order chi connectivity index (χ0) is 17.5. The van der Waals surface area contributed by atoms with Crippen molar-refractivity contribution in [2.45, 2.75) is 25.8 Å². The van der Waals surface area contributed by atoms with Gasteiger partial charge < -0.3 is 20.7 Å². The topological polar surface area (TPSA) is 102 Å². The maximum absolute atomic E-state index is 5.09. The van der Waals surface area contributed by atoms with Crippen LogP contribution < -0.4 is 16.0 Å². The van der Waals surface area contributed by atoms with Gasteiger partial charge in [0, 0.05) is 38.7 Å². The number of rotatable bonds is 8. The Labute approximate surface area is 147 Å². The number of fused-ring (bicyclic) bond motifs is 1. The van der Waals surface area contributed by atoms with E-state index >= 15 is 0 Å². The molecule has 2 aromatic heterocycles. The van der Waals surface area contributed by atoms with Crippen molar-refractivity contribution in [1.82, 2.24) is 30.0 Å². The predicted molar refractivity (Wildman–Crippen MR) is 95.9 cm³/mol. The van der Waals surface area contributed by atoms with Crippen LogP contribution in [0, 0.1) is 0 Å². The molecule has 9 heteroatoms. The van der Waals surface area contributed by atoms with Gasteiger partial charge in [0.05, 0.1) is 18.3 Å². The molecule has 3 N–H and O–H groups in total. The maximum atomic E-state index is 5.09. The first-order chi connectivity index (χ1) is 12.3. The number of hydrogen-bond acceptors (Lipinski definition) is 8. The number of aromatic nitrogens is 5. The van der Waals surface area contributed by atoms with Gasteiger partial charge in [-0.15, -0.1) is 0 Å². The first kappa shape index (κ1) is 17.6. The van der Waals surface area contributed by atoms with Gasteiger partial charge in [0.2, 0.25) is 5.95 Å². The molecule has 1 aliphatic rings. The summed E-state index contributed by atoms with van der Waals surface area (Å²) >= 11 is 0. The second-order valence-corrected chi connectivity index (χ2v) is 6.10. The fraction of sp³-hybridized carbons (Fsp3) is 0.625. The molecule has 1 atom stereocenters. The van der Waals surface area contributed by atoms with Gasteiger partial charge in [0.25, 0.3) is 0 Å².